The van der Waals surface area contributed by atoms with Crippen LogP contribution in [0.25, 0.3) is 11.3 Å². The molecule has 100 valence electrons. The number of halogens is 2. The minimum absolute atomic E-state index is 0.172. The van der Waals surface area contributed by atoms with Crippen molar-refractivity contribution in [2.75, 3.05) is 0 Å². The molecule has 1 aromatic carbocycles. The van der Waals surface area contributed by atoms with Gasteiger partial charge in [0.2, 0.25) is 0 Å². The Balaban J connectivity index is 2.71. The fourth-order valence-electron chi connectivity index (χ4n) is 1.89. The molecule has 4 heteroatoms. The van der Waals surface area contributed by atoms with Gasteiger partial charge in [-0.3, -0.25) is 0 Å². The second-order valence-electron chi connectivity index (χ2n) is 4.91. The summed E-state index contributed by atoms with van der Waals surface area (Å²) >= 11 is 6.16. The van der Waals surface area contributed by atoms with Crippen molar-refractivity contribution >= 4 is 11.6 Å². The summed E-state index contributed by atoms with van der Waals surface area (Å²) in [6, 6.07) is 4.98. The Kier molecular flexibility index (Phi) is 3.85. The van der Waals surface area contributed by atoms with E-state index in [4.69, 9.17) is 11.6 Å². The molecular formula is C15H16ClFN2. The third kappa shape index (κ3) is 2.61. The van der Waals surface area contributed by atoms with Crippen molar-refractivity contribution in [3.63, 3.8) is 0 Å². The lowest BCUT2D eigenvalue weighted by Crippen LogP contribution is -2.03. The van der Waals surface area contributed by atoms with Gasteiger partial charge in [0, 0.05) is 17.0 Å². The van der Waals surface area contributed by atoms with Gasteiger partial charge in [0.05, 0.1) is 5.69 Å². The molecule has 2 rings (SSSR count). The van der Waals surface area contributed by atoms with Crippen LogP contribution in [0.3, 0.4) is 0 Å². The van der Waals surface area contributed by atoms with E-state index in [2.05, 4.69) is 9.97 Å². The molecule has 0 aliphatic carbocycles. The monoisotopic (exact) mass is 278 g/mol. The van der Waals surface area contributed by atoms with E-state index in [1.54, 1.807) is 13.0 Å². The van der Waals surface area contributed by atoms with Gasteiger partial charge in [-0.15, -0.1) is 0 Å². The van der Waals surface area contributed by atoms with Crippen molar-refractivity contribution in [1.82, 2.24) is 9.97 Å². The van der Waals surface area contributed by atoms with Crippen molar-refractivity contribution in [3.8, 4) is 11.3 Å². The highest BCUT2D eigenvalue weighted by atomic mass is 35.5. The molecular weight excluding hydrogens is 263 g/mol. The van der Waals surface area contributed by atoms with Crippen molar-refractivity contribution < 1.29 is 4.39 Å². The zero-order chi connectivity index (χ0) is 14.2. The highest BCUT2D eigenvalue weighted by molar-refractivity contribution is 6.30. The average molecular weight is 279 g/mol. The van der Waals surface area contributed by atoms with E-state index in [9.17, 15) is 4.39 Å². The molecule has 0 bridgehead atoms. The maximum absolute atomic E-state index is 13.7. The molecule has 2 aromatic rings. The van der Waals surface area contributed by atoms with E-state index in [0.29, 0.717) is 22.2 Å². The Morgan fingerprint density at radius 3 is 2.42 bits per heavy atom. The van der Waals surface area contributed by atoms with Gasteiger partial charge in [-0.2, -0.15) is 0 Å². The number of nitrogens with zero attached hydrogens (tertiary/aromatic N) is 2. The Labute approximate surface area is 117 Å². The average Bonchev–Trinajstić information content (AvgIpc) is 2.36. The maximum atomic E-state index is 13.7. The number of hydrogen-bond donors (Lipinski definition) is 0. The molecule has 0 fully saturated rings. The first kappa shape index (κ1) is 13.9. The second kappa shape index (κ2) is 5.25. The summed E-state index contributed by atoms with van der Waals surface area (Å²) in [5.41, 5.74) is 2.83. The number of aromatic nitrogens is 2. The van der Waals surface area contributed by atoms with E-state index in [1.807, 2.05) is 26.8 Å². The third-order valence-corrected chi connectivity index (χ3v) is 3.51. The fraction of sp³-hybridized carbons (Fsp3) is 0.333. The molecule has 19 heavy (non-hydrogen) atoms. The van der Waals surface area contributed by atoms with Crippen LogP contribution in [-0.2, 0) is 0 Å². The molecule has 1 heterocycles. The topological polar surface area (TPSA) is 25.8 Å². The van der Waals surface area contributed by atoms with Crippen LogP contribution in [0.4, 0.5) is 4.39 Å². The Bertz CT molecular complexity index is 624. The zero-order valence-corrected chi connectivity index (χ0v) is 12.2. The van der Waals surface area contributed by atoms with Gasteiger partial charge < -0.3 is 0 Å². The third-order valence-electron chi connectivity index (χ3n) is 3.14. The summed E-state index contributed by atoms with van der Waals surface area (Å²) in [4.78, 5) is 8.81. The molecule has 0 aliphatic heterocycles. The van der Waals surface area contributed by atoms with Crippen LogP contribution in [0.2, 0.25) is 5.15 Å². The molecule has 2 nitrogen and oxygen atoms in total. The Morgan fingerprint density at radius 2 is 1.79 bits per heavy atom. The highest BCUT2D eigenvalue weighted by Crippen LogP contribution is 2.30. The predicted molar refractivity (Wildman–Crippen MR) is 76.0 cm³/mol. The normalized spacial score (nSPS) is 11.1. The van der Waals surface area contributed by atoms with Crippen molar-refractivity contribution in [3.05, 3.63) is 46.1 Å². The minimum atomic E-state index is -0.238. The maximum Gasteiger partial charge on any atom is 0.136 e. The van der Waals surface area contributed by atoms with Crippen LogP contribution < -0.4 is 0 Å². The van der Waals surface area contributed by atoms with Crippen molar-refractivity contribution in [2.24, 2.45) is 0 Å². The zero-order valence-electron chi connectivity index (χ0n) is 11.5. The summed E-state index contributed by atoms with van der Waals surface area (Å²) in [6.07, 6.45) is 0. The number of benzene rings is 1. The highest BCUT2D eigenvalue weighted by Gasteiger charge is 2.15. The van der Waals surface area contributed by atoms with Crippen molar-refractivity contribution in [2.45, 2.75) is 33.6 Å². The van der Waals surface area contributed by atoms with Gasteiger partial charge in [0.25, 0.3) is 0 Å². The number of hydrogen-bond acceptors (Lipinski definition) is 2. The first-order valence-electron chi connectivity index (χ1n) is 6.21. The lowest BCUT2D eigenvalue weighted by molar-refractivity contribution is 0.619. The molecule has 0 saturated heterocycles. The van der Waals surface area contributed by atoms with Gasteiger partial charge in [0.15, 0.2) is 0 Å². The van der Waals surface area contributed by atoms with Crippen LogP contribution in [0.15, 0.2) is 18.2 Å². The Morgan fingerprint density at radius 1 is 1.11 bits per heavy atom. The molecule has 0 saturated carbocycles. The Hall–Kier alpha value is -1.48. The SMILES string of the molecule is Cc1c(F)cccc1-c1nc(C(C)C)nc(Cl)c1C. The van der Waals surface area contributed by atoms with Crippen LogP contribution >= 0.6 is 11.6 Å². The van der Waals surface area contributed by atoms with Gasteiger partial charge in [-0.05, 0) is 25.5 Å². The minimum Gasteiger partial charge on any atom is -0.232 e. The van der Waals surface area contributed by atoms with Crippen LogP contribution in [0, 0.1) is 19.7 Å². The summed E-state index contributed by atoms with van der Waals surface area (Å²) in [5, 5.41) is 0.428. The summed E-state index contributed by atoms with van der Waals surface area (Å²) in [6.45, 7) is 7.60. The van der Waals surface area contributed by atoms with Gasteiger partial charge >= 0.3 is 0 Å². The lowest BCUT2D eigenvalue weighted by Gasteiger charge is -2.13. The van der Waals surface area contributed by atoms with Crippen LogP contribution in [-0.4, -0.2) is 9.97 Å². The molecule has 0 radical (unpaired) electrons. The van der Waals surface area contributed by atoms with E-state index in [-0.39, 0.29) is 11.7 Å². The van der Waals surface area contributed by atoms with E-state index in [0.717, 1.165) is 11.1 Å². The molecule has 0 atom stereocenters. The molecule has 0 amide bonds. The van der Waals surface area contributed by atoms with E-state index >= 15 is 0 Å². The molecule has 0 spiro atoms. The standard InChI is InChI=1S/C15H16ClFN2/c1-8(2)15-18-13(10(4)14(16)19-15)11-6-5-7-12(17)9(11)3/h5-8H,1-4H3. The van der Waals surface area contributed by atoms with E-state index in [1.165, 1.54) is 6.07 Å². The van der Waals surface area contributed by atoms with Crippen LogP contribution in [0.1, 0.15) is 36.7 Å². The summed E-state index contributed by atoms with van der Waals surface area (Å²) in [7, 11) is 0. The second-order valence-corrected chi connectivity index (χ2v) is 5.27. The summed E-state index contributed by atoms with van der Waals surface area (Å²) < 4.78 is 13.7. The van der Waals surface area contributed by atoms with E-state index < -0.39 is 0 Å². The lowest BCUT2D eigenvalue weighted by atomic mass is 10.0. The van der Waals surface area contributed by atoms with Crippen molar-refractivity contribution in [1.29, 1.82) is 0 Å². The first-order chi connectivity index (χ1) is 8.91. The fourth-order valence-corrected chi connectivity index (χ4v) is 2.07. The molecule has 0 aliphatic rings. The largest absolute Gasteiger partial charge is 0.232 e. The quantitative estimate of drug-likeness (QED) is 0.746. The van der Waals surface area contributed by atoms with Gasteiger partial charge in [-0.1, -0.05) is 37.6 Å². The summed E-state index contributed by atoms with van der Waals surface area (Å²) in [5.74, 6) is 0.609. The predicted octanol–water partition coefficient (Wildman–Crippen LogP) is 4.68. The van der Waals surface area contributed by atoms with Gasteiger partial charge in [-0.25, -0.2) is 14.4 Å². The first-order valence-corrected chi connectivity index (χ1v) is 6.59. The molecule has 0 unspecified atom stereocenters. The number of rotatable bonds is 2. The van der Waals surface area contributed by atoms with Gasteiger partial charge in [0.1, 0.15) is 16.8 Å². The molecule has 1 aromatic heterocycles. The van der Waals surface area contributed by atoms with Crippen LogP contribution in [0.5, 0.6) is 0 Å². The smallest absolute Gasteiger partial charge is 0.136 e. The molecule has 0 N–H and O–H groups in total.